The van der Waals surface area contributed by atoms with Gasteiger partial charge in [-0.05, 0) is 44.4 Å². The molecule has 1 heterocycles. The number of aryl methyl sites for hydroxylation is 1. The van der Waals surface area contributed by atoms with Crippen molar-refractivity contribution in [2.24, 2.45) is 0 Å². The van der Waals surface area contributed by atoms with Gasteiger partial charge >= 0.3 is 0 Å². The van der Waals surface area contributed by atoms with Gasteiger partial charge < -0.3 is 10.1 Å². The Balaban J connectivity index is 1.53. The second-order valence-corrected chi connectivity index (χ2v) is 6.88. The van der Waals surface area contributed by atoms with Crippen molar-refractivity contribution in [2.75, 3.05) is 13.2 Å². The predicted octanol–water partition coefficient (Wildman–Crippen LogP) is 3.93. The van der Waals surface area contributed by atoms with E-state index in [1.54, 1.807) is 17.4 Å². The Bertz CT molecular complexity index is 461. The van der Waals surface area contributed by atoms with Crippen LogP contribution in [0.3, 0.4) is 0 Å². The van der Waals surface area contributed by atoms with E-state index in [1.807, 2.05) is 12.1 Å². The van der Waals surface area contributed by atoms with Crippen LogP contribution in [0.5, 0.6) is 0 Å². The summed E-state index contributed by atoms with van der Waals surface area (Å²) in [7, 11) is 0. The first-order valence-electron chi connectivity index (χ1n) is 7.88. The van der Waals surface area contributed by atoms with Crippen molar-refractivity contribution < 1.29 is 9.53 Å². The van der Waals surface area contributed by atoms with Gasteiger partial charge in [0.05, 0.1) is 6.10 Å². The normalized spacial score (nSPS) is 16.4. The van der Waals surface area contributed by atoms with Crippen LogP contribution in [0.2, 0.25) is 0 Å². The fourth-order valence-electron chi connectivity index (χ4n) is 2.53. The molecule has 0 atom stereocenters. The lowest BCUT2D eigenvalue weighted by Crippen LogP contribution is -2.24. The number of ether oxygens (including phenoxy) is 1. The van der Waals surface area contributed by atoms with Crippen molar-refractivity contribution in [3.8, 4) is 0 Å². The van der Waals surface area contributed by atoms with Gasteiger partial charge in [0, 0.05) is 29.0 Å². The summed E-state index contributed by atoms with van der Waals surface area (Å²) in [4.78, 5) is 14.0. The maximum absolute atomic E-state index is 11.7. The first kappa shape index (κ1) is 16.2. The average molecular weight is 307 g/mol. The van der Waals surface area contributed by atoms with Crippen molar-refractivity contribution in [1.29, 1.82) is 0 Å². The van der Waals surface area contributed by atoms with Crippen molar-refractivity contribution in [1.82, 2.24) is 5.32 Å². The average Bonchev–Trinajstić information content (AvgIpc) is 2.91. The maximum Gasteiger partial charge on any atom is 0.244 e. The molecule has 0 bridgehead atoms. The summed E-state index contributed by atoms with van der Waals surface area (Å²) in [6.07, 6.45) is 11.2. The number of carbonyl (C=O) groups excluding carboxylic acids is 1. The van der Waals surface area contributed by atoms with Crippen LogP contribution in [0.25, 0.3) is 6.08 Å². The molecular weight excluding hydrogens is 282 g/mol. The fourth-order valence-corrected chi connectivity index (χ4v) is 3.31. The molecule has 1 aromatic rings. The van der Waals surface area contributed by atoms with E-state index in [-0.39, 0.29) is 5.91 Å². The number of hydrogen-bond donors (Lipinski definition) is 1. The lowest BCUT2D eigenvalue weighted by atomic mass is 9.98. The highest BCUT2D eigenvalue weighted by molar-refractivity contribution is 7.12. The third-order valence-corrected chi connectivity index (χ3v) is 4.65. The third-order valence-electron chi connectivity index (χ3n) is 3.69. The Morgan fingerprint density at radius 3 is 2.90 bits per heavy atom. The summed E-state index contributed by atoms with van der Waals surface area (Å²) in [6.45, 7) is 3.49. The number of hydrogen-bond acceptors (Lipinski definition) is 3. The maximum atomic E-state index is 11.7. The first-order chi connectivity index (χ1) is 10.2. The van der Waals surface area contributed by atoms with E-state index in [4.69, 9.17) is 4.74 Å². The van der Waals surface area contributed by atoms with E-state index in [2.05, 4.69) is 18.3 Å². The molecule has 3 nitrogen and oxygen atoms in total. The number of thiophene rings is 1. The SMILES string of the molecule is Cc1ccc(/C=C/C(=O)NCCCOC2CCCCC2)s1. The van der Waals surface area contributed by atoms with Gasteiger partial charge in [-0.3, -0.25) is 4.79 Å². The first-order valence-corrected chi connectivity index (χ1v) is 8.69. The molecule has 4 heteroatoms. The monoisotopic (exact) mass is 307 g/mol. The Labute approximate surface area is 131 Å². The van der Waals surface area contributed by atoms with Crippen molar-refractivity contribution >= 4 is 23.3 Å². The van der Waals surface area contributed by atoms with Crippen molar-refractivity contribution in [2.45, 2.75) is 51.6 Å². The number of amides is 1. The van der Waals surface area contributed by atoms with E-state index in [1.165, 1.54) is 37.0 Å². The molecule has 1 N–H and O–H groups in total. The van der Waals surface area contributed by atoms with Crippen LogP contribution >= 0.6 is 11.3 Å². The Kier molecular flexibility index (Phi) is 6.96. The zero-order valence-electron chi connectivity index (χ0n) is 12.8. The fraction of sp³-hybridized carbons (Fsp3) is 0.588. The minimum atomic E-state index is -0.0290. The second-order valence-electron chi connectivity index (χ2n) is 5.56. The summed E-state index contributed by atoms with van der Waals surface area (Å²) in [5.41, 5.74) is 0. The lowest BCUT2D eigenvalue weighted by molar-refractivity contribution is -0.116. The topological polar surface area (TPSA) is 38.3 Å². The standard InChI is InChI=1S/C17H25NO2S/c1-14-8-9-16(21-14)10-11-17(19)18-12-5-13-20-15-6-3-2-4-7-15/h8-11,15H,2-7,12-13H2,1H3,(H,18,19)/b11-10+. The molecule has 1 aromatic heterocycles. The van der Waals surface area contributed by atoms with E-state index in [0.29, 0.717) is 12.6 Å². The third kappa shape index (κ3) is 6.44. The Morgan fingerprint density at radius 1 is 1.38 bits per heavy atom. The molecule has 1 aliphatic rings. The van der Waals surface area contributed by atoms with E-state index >= 15 is 0 Å². The molecule has 0 aromatic carbocycles. The number of nitrogens with one attached hydrogen (secondary N) is 1. The largest absolute Gasteiger partial charge is 0.378 e. The molecule has 2 rings (SSSR count). The minimum Gasteiger partial charge on any atom is -0.378 e. The molecule has 1 saturated carbocycles. The summed E-state index contributed by atoms with van der Waals surface area (Å²) in [6, 6.07) is 4.09. The van der Waals surface area contributed by atoms with Crippen LogP contribution in [0.15, 0.2) is 18.2 Å². The highest BCUT2D eigenvalue weighted by Crippen LogP contribution is 2.20. The van der Waals surface area contributed by atoms with Gasteiger partial charge in [-0.15, -0.1) is 11.3 Å². The van der Waals surface area contributed by atoms with Gasteiger partial charge in [0.15, 0.2) is 0 Å². The van der Waals surface area contributed by atoms with Gasteiger partial charge in [0.25, 0.3) is 0 Å². The summed E-state index contributed by atoms with van der Waals surface area (Å²) in [5, 5.41) is 2.90. The zero-order chi connectivity index (χ0) is 14.9. The van der Waals surface area contributed by atoms with Crippen LogP contribution in [-0.2, 0) is 9.53 Å². The predicted molar refractivity (Wildman–Crippen MR) is 88.5 cm³/mol. The summed E-state index contributed by atoms with van der Waals surface area (Å²) < 4.78 is 5.83. The smallest absolute Gasteiger partial charge is 0.244 e. The second kappa shape index (κ2) is 9.00. The molecule has 116 valence electrons. The molecular formula is C17H25NO2S. The highest BCUT2D eigenvalue weighted by Gasteiger charge is 2.12. The molecule has 0 aliphatic heterocycles. The molecule has 1 fully saturated rings. The number of carbonyl (C=O) groups is 1. The Hall–Kier alpha value is -1.13. The quantitative estimate of drug-likeness (QED) is 0.612. The molecule has 0 unspecified atom stereocenters. The van der Waals surface area contributed by atoms with Gasteiger partial charge in [-0.25, -0.2) is 0 Å². The van der Waals surface area contributed by atoms with Crippen LogP contribution < -0.4 is 5.32 Å². The van der Waals surface area contributed by atoms with Crippen LogP contribution in [0, 0.1) is 6.92 Å². The molecule has 1 amide bonds. The number of rotatable bonds is 7. The van der Waals surface area contributed by atoms with Crippen molar-refractivity contribution in [3.05, 3.63) is 28.0 Å². The molecule has 0 spiro atoms. The summed E-state index contributed by atoms with van der Waals surface area (Å²) >= 11 is 1.69. The molecule has 1 aliphatic carbocycles. The van der Waals surface area contributed by atoms with Crippen molar-refractivity contribution in [3.63, 3.8) is 0 Å². The van der Waals surface area contributed by atoms with Crippen LogP contribution in [-0.4, -0.2) is 25.2 Å². The molecule has 0 saturated heterocycles. The highest BCUT2D eigenvalue weighted by atomic mass is 32.1. The molecule has 0 radical (unpaired) electrons. The van der Waals surface area contributed by atoms with Crippen LogP contribution in [0.1, 0.15) is 48.3 Å². The van der Waals surface area contributed by atoms with Gasteiger partial charge in [-0.2, -0.15) is 0 Å². The van der Waals surface area contributed by atoms with E-state index in [9.17, 15) is 4.79 Å². The van der Waals surface area contributed by atoms with Crippen LogP contribution in [0.4, 0.5) is 0 Å². The molecule has 21 heavy (non-hydrogen) atoms. The minimum absolute atomic E-state index is 0.0290. The van der Waals surface area contributed by atoms with Gasteiger partial charge in [-0.1, -0.05) is 19.3 Å². The summed E-state index contributed by atoms with van der Waals surface area (Å²) in [5.74, 6) is -0.0290. The zero-order valence-corrected chi connectivity index (χ0v) is 13.6. The Morgan fingerprint density at radius 2 is 2.19 bits per heavy atom. The van der Waals surface area contributed by atoms with E-state index < -0.39 is 0 Å². The van der Waals surface area contributed by atoms with Gasteiger partial charge in [0.2, 0.25) is 5.91 Å². The van der Waals surface area contributed by atoms with E-state index in [0.717, 1.165) is 17.9 Å². The lowest BCUT2D eigenvalue weighted by Gasteiger charge is -2.21. The van der Waals surface area contributed by atoms with Gasteiger partial charge in [0.1, 0.15) is 0 Å².